The number of aliphatic hydroxyl groups is 1. The third kappa shape index (κ3) is 7.33. The van der Waals surface area contributed by atoms with Crippen LogP contribution >= 0.6 is 11.8 Å². The summed E-state index contributed by atoms with van der Waals surface area (Å²) in [6.45, 7) is 4.35. The second-order valence-electron chi connectivity index (χ2n) is 8.88. The topological polar surface area (TPSA) is 108 Å². The van der Waals surface area contributed by atoms with Gasteiger partial charge in [-0.2, -0.15) is 0 Å². The number of carbonyl (C=O) groups is 3. The van der Waals surface area contributed by atoms with Crippen LogP contribution in [-0.4, -0.2) is 53.3 Å². The molecule has 0 bridgehead atoms. The van der Waals surface area contributed by atoms with Gasteiger partial charge in [0.15, 0.2) is 0 Å². The summed E-state index contributed by atoms with van der Waals surface area (Å²) in [4.78, 5) is 39.0. The number of aliphatic hydroxyl groups excluding tert-OH is 1. The summed E-state index contributed by atoms with van der Waals surface area (Å²) in [7, 11) is 0. The van der Waals surface area contributed by atoms with E-state index in [2.05, 4.69) is 16.0 Å². The molecule has 2 aromatic carbocycles. The zero-order valence-corrected chi connectivity index (χ0v) is 20.4. The SMILES string of the molecule is CC(C)CC(O)C(=O)N[C@@H](Cc1ccccc1)C(=O)N[C@@H]1C(=O)NCCS[C@@H]1c1ccccc1. The fourth-order valence-electron chi connectivity index (χ4n) is 3.91. The van der Waals surface area contributed by atoms with Crippen molar-refractivity contribution in [3.63, 3.8) is 0 Å². The Morgan fingerprint density at radius 1 is 1.06 bits per heavy atom. The Labute approximate surface area is 205 Å². The molecule has 4 atom stereocenters. The maximum atomic E-state index is 13.4. The molecular weight excluding hydrogens is 450 g/mol. The normalized spacial score (nSPS) is 20.1. The zero-order valence-electron chi connectivity index (χ0n) is 19.6. The van der Waals surface area contributed by atoms with Crippen molar-refractivity contribution >= 4 is 29.5 Å². The highest BCUT2D eigenvalue weighted by molar-refractivity contribution is 7.99. The Balaban J connectivity index is 1.81. The van der Waals surface area contributed by atoms with Crippen molar-refractivity contribution in [3.8, 4) is 0 Å². The summed E-state index contributed by atoms with van der Waals surface area (Å²) in [6, 6.07) is 17.2. The molecule has 2 aromatic rings. The lowest BCUT2D eigenvalue weighted by Gasteiger charge is -2.27. The Kier molecular flexibility index (Phi) is 9.53. The van der Waals surface area contributed by atoms with Crippen LogP contribution in [0.5, 0.6) is 0 Å². The first kappa shape index (κ1) is 25.8. The minimum Gasteiger partial charge on any atom is -0.383 e. The minimum absolute atomic E-state index is 0.125. The van der Waals surface area contributed by atoms with Gasteiger partial charge in [-0.15, -0.1) is 11.8 Å². The van der Waals surface area contributed by atoms with E-state index in [0.717, 1.165) is 16.9 Å². The quantitative estimate of drug-likeness (QED) is 0.438. The molecule has 0 saturated carbocycles. The van der Waals surface area contributed by atoms with Gasteiger partial charge in [0.2, 0.25) is 17.7 Å². The van der Waals surface area contributed by atoms with Gasteiger partial charge in [-0.05, 0) is 23.5 Å². The molecule has 34 heavy (non-hydrogen) atoms. The molecule has 0 aliphatic carbocycles. The van der Waals surface area contributed by atoms with E-state index in [1.165, 1.54) is 0 Å². The second kappa shape index (κ2) is 12.6. The van der Waals surface area contributed by atoms with Gasteiger partial charge < -0.3 is 21.1 Å². The van der Waals surface area contributed by atoms with Crippen LogP contribution < -0.4 is 16.0 Å². The van der Waals surface area contributed by atoms with Crippen LogP contribution in [0, 0.1) is 5.92 Å². The maximum absolute atomic E-state index is 13.4. The number of hydrogen-bond acceptors (Lipinski definition) is 5. The first-order valence-corrected chi connectivity index (χ1v) is 12.7. The molecule has 0 spiro atoms. The molecule has 0 radical (unpaired) electrons. The monoisotopic (exact) mass is 483 g/mol. The van der Waals surface area contributed by atoms with Crippen LogP contribution in [0.1, 0.15) is 36.6 Å². The van der Waals surface area contributed by atoms with Gasteiger partial charge in [0.05, 0.1) is 5.25 Å². The fourth-order valence-corrected chi connectivity index (χ4v) is 5.12. The van der Waals surface area contributed by atoms with Gasteiger partial charge in [0, 0.05) is 18.7 Å². The number of amides is 3. The summed E-state index contributed by atoms with van der Waals surface area (Å²) in [5.74, 6) is -0.456. The average molecular weight is 484 g/mol. The van der Waals surface area contributed by atoms with Crippen LogP contribution in [0.4, 0.5) is 0 Å². The molecular formula is C26H33N3O4S. The molecule has 1 aliphatic rings. The molecule has 3 amide bonds. The Morgan fingerprint density at radius 3 is 2.35 bits per heavy atom. The Hall–Kier alpha value is -2.84. The lowest BCUT2D eigenvalue weighted by Crippen LogP contribution is -2.56. The molecule has 1 heterocycles. The molecule has 1 saturated heterocycles. The minimum atomic E-state index is -1.21. The third-order valence-electron chi connectivity index (χ3n) is 5.62. The number of hydrogen-bond donors (Lipinski definition) is 4. The zero-order chi connectivity index (χ0) is 24.5. The van der Waals surface area contributed by atoms with Gasteiger partial charge in [0.25, 0.3) is 0 Å². The molecule has 182 valence electrons. The van der Waals surface area contributed by atoms with E-state index in [9.17, 15) is 19.5 Å². The van der Waals surface area contributed by atoms with Gasteiger partial charge in [-0.25, -0.2) is 0 Å². The van der Waals surface area contributed by atoms with Crippen LogP contribution in [0.15, 0.2) is 60.7 Å². The molecule has 4 N–H and O–H groups in total. The average Bonchev–Trinajstić information content (AvgIpc) is 3.00. The fraction of sp³-hybridized carbons (Fsp3) is 0.423. The van der Waals surface area contributed by atoms with Crippen molar-refractivity contribution < 1.29 is 19.5 Å². The molecule has 1 aliphatic heterocycles. The van der Waals surface area contributed by atoms with Crippen LogP contribution in [0.2, 0.25) is 0 Å². The first-order valence-electron chi connectivity index (χ1n) is 11.6. The summed E-state index contributed by atoms with van der Waals surface area (Å²) in [5, 5.41) is 18.5. The summed E-state index contributed by atoms with van der Waals surface area (Å²) in [5.41, 5.74) is 1.81. The molecule has 1 unspecified atom stereocenters. The van der Waals surface area contributed by atoms with E-state index < -0.39 is 30.0 Å². The predicted octanol–water partition coefficient (Wildman–Crippen LogP) is 2.21. The highest BCUT2D eigenvalue weighted by Gasteiger charge is 2.35. The Morgan fingerprint density at radius 2 is 1.71 bits per heavy atom. The molecule has 3 rings (SSSR count). The molecule has 0 aromatic heterocycles. The number of nitrogens with one attached hydrogen (secondary N) is 3. The third-order valence-corrected chi connectivity index (χ3v) is 6.97. The van der Waals surface area contributed by atoms with Gasteiger partial charge in [-0.1, -0.05) is 74.5 Å². The van der Waals surface area contributed by atoms with Crippen molar-refractivity contribution in [1.82, 2.24) is 16.0 Å². The van der Waals surface area contributed by atoms with Crippen LogP contribution in [0.3, 0.4) is 0 Å². The lowest BCUT2D eigenvalue weighted by atomic mass is 10.0. The molecule has 7 nitrogen and oxygen atoms in total. The van der Waals surface area contributed by atoms with Gasteiger partial charge in [0.1, 0.15) is 18.2 Å². The smallest absolute Gasteiger partial charge is 0.249 e. The predicted molar refractivity (Wildman–Crippen MR) is 134 cm³/mol. The van der Waals surface area contributed by atoms with Crippen LogP contribution in [0.25, 0.3) is 0 Å². The van der Waals surface area contributed by atoms with Crippen molar-refractivity contribution in [2.75, 3.05) is 12.3 Å². The summed E-state index contributed by atoms with van der Waals surface area (Å²) >= 11 is 1.61. The van der Waals surface area contributed by atoms with Gasteiger partial charge >= 0.3 is 0 Å². The highest BCUT2D eigenvalue weighted by Crippen LogP contribution is 2.33. The summed E-state index contributed by atoms with van der Waals surface area (Å²) in [6.07, 6.45) is -0.673. The van der Waals surface area contributed by atoms with E-state index in [0.29, 0.717) is 13.0 Å². The maximum Gasteiger partial charge on any atom is 0.249 e. The van der Waals surface area contributed by atoms with Crippen molar-refractivity contribution in [2.24, 2.45) is 5.92 Å². The lowest BCUT2D eigenvalue weighted by molar-refractivity contribution is -0.135. The van der Waals surface area contributed by atoms with E-state index in [1.54, 1.807) is 11.8 Å². The second-order valence-corrected chi connectivity index (χ2v) is 10.1. The number of benzene rings is 2. The van der Waals surface area contributed by atoms with Crippen molar-refractivity contribution in [3.05, 3.63) is 71.8 Å². The first-order chi connectivity index (χ1) is 16.3. The van der Waals surface area contributed by atoms with E-state index >= 15 is 0 Å². The van der Waals surface area contributed by atoms with Crippen molar-refractivity contribution in [2.45, 2.75) is 50.1 Å². The summed E-state index contributed by atoms with van der Waals surface area (Å²) < 4.78 is 0. The van der Waals surface area contributed by atoms with Crippen molar-refractivity contribution in [1.29, 1.82) is 0 Å². The van der Waals surface area contributed by atoms with Crippen LogP contribution in [-0.2, 0) is 20.8 Å². The number of thioether (sulfide) groups is 1. The highest BCUT2D eigenvalue weighted by atomic mass is 32.2. The molecule has 8 heteroatoms. The standard InChI is InChI=1S/C26H33N3O4S/c1-17(2)15-21(30)25(32)28-20(16-18-9-5-3-6-10-18)24(31)29-22-23(19-11-7-4-8-12-19)34-14-13-27-26(22)33/h3-12,17,20-23,30H,13-16H2,1-2H3,(H,27,33)(H,28,32)(H,29,31)/t20-,21?,22-,23+/m0/s1. The Bertz CT molecular complexity index is 955. The largest absolute Gasteiger partial charge is 0.383 e. The van der Waals surface area contributed by atoms with E-state index in [1.807, 2.05) is 74.5 Å². The van der Waals surface area contributed by atoms with E-state index in [-0.39, 0.29) is 23.5 Å². The van der Waals surface area contributed by atoms with E-state index in [4.69, 9.17) is 0 Å². The van der Waals surface area contributed by atoms with Gasteiger partial charge in [-0.3, -0.25) is 14.4 Å². The number of carbonyl (C=O) groups excluding carboxylic acids is 3. The molecule has 1 fully saturated rings. The number of rotatable bonds is 9.